The highest BCUT2D eigenvalue weighted by Gasteiger charge is 2.27. The number of rotatable bonds is 7. The Morgan fingerprint density at radius 2 is 2.23 bits per heavy atom. The zero-order valence-corrected chi connectivity index (χ0v) is 14.0. The zero-order valence-electron chi connectivity index (χ0n) is 13.2. The number of amides is 1. The number of hydrogen-bond donors (Lipinski definition) is 2. The molecule has 3 N–H and O–H groups in total. The molecule has 2 atom stereocenters. The van der Waals surface area contributed by atoms with Crippen LogP contribution < -0.4 is 15.8 Å². The van der Waals surface area contributed by atoms with Crippen molar-refractivity contribution in [3.8, 4) is 5.75 Å². The summed E-state index contributed by atoms with van der Waals surface area (Å²) in [5, 5.41) is 3.01. The number of carbonyl (C=O) groups is 1. The molecular formula is C17H27ClN2O2. The summed E-state index contributed by atoms with van der Waals surface area (Å²) in [5.41, 5.74) is 6.92. The van der Waals surface area contributed by atoms with E-state index in [1.165, 1.54) is 0 Å². The van der Waals surface area contributed by atoms with Crippen molar-refractivity contribution in [3.63, 3.8) is 0 Å². The van der Waals surface area contributed by atoms with E-state index in [0.29, 0.717) is 6.54 Å². The third-order valence-corrected chi connectivity index (χ3v) is 3.98. The van der Waals surface area contributed by atoms with Crippen molar-refractivity contribution in [1.29, 1.82) is 0 Å². The highest BCUT2D eigenvalue weighted by atomic mass is 35.5. The molecule has 1 aliphatic rings. The predicted octanol–water partition coefficient (Wildman–Crippen LogP) is 3.03. The van der Waals surface area contributed by atoms with Crippen LogP contribution in [0.1, 0.15) is 44.6 Å². The summed E-state index contributed by atoms with van der Waals surface area (Å²) in [6.45, 7) is 3.44. The minimum atomic E-state index is 0. The van der Waals surface area contributed by atoms with Crippen LogP contribution in [0.5, 0.6) is 5.75 Å². The molecule has 0 aromatic heterocycles. The van der Waals surface area contributed by atoms with Gasteiger partial charge >= 0.3 is 0 Å². The van der Waals surface area contributed by atoms with Gasteiger partial charge in [-0.2, -0.15) is 0 Å². The Morgan fingerprint density at radius 3 is 2.91 bits per heavy atom. The Kier molecular flexibility index (Phi) is 8.28. The topological polar surface area (TPSA) is 64.3 Å². The fraction of sp³-hybridized carbons (Fsp3) is 0.588. The minimum Gasteiger partial charge on any atom is -0.494 e. The van der Waals surface area contributed by atoms with Crippen LogP contribution in [0, 0.1) is 5.92 Å². The molecule has 22 heavy (non-hydrogen) atoms. The van der Waals surface area contributed by atoms with Crippen LogP contribution in [0.4, 0.5) is 0 Å². The molecule has 4 nitrogen and oxygen atoms in total. The lowest BCUT2D eigenvalue weighted by molar-refractivity contribution is -0.125. The van der Waals surface area contributed by atoms with Crippen molar-refractivity contribution in [3.05, 3.63) is 29.8 Å². The quantitative estimate of drug-likeness (QED) is 0.757. The molecule has 1 aromatic carbocycles. The second kappa shape index (κ2) is 9.70. The van der Waals surface area contributed by atoms with Crippen LogP contribution in [0.3, 0.4) is 0 Å². The number of nitrogens with two attached hydrogens (primary N) is 1. The van der Waals surface area contributed by atoms with Gasteiger partial charge < -0.3 is 15.8 Å². The van der Waals surface area contributed by atoms with Crippen LogP contribution in [0.2, 0.25) is 0 Å². The summed E-state index contributed by atoms with van der Waals surface area (Å²) in [7, 11) is 0. The van der Waals surface area contributed by atoms with Gasteiger partial charge in [-0.25, -0.2) is 0 Å². The Hall–Kier alpha value is -1.26. The lowest BCUT2D eigenvalue weighted by Crippen LogP contribution is -2.29. The van der Waals surface area contributed by atoms with E-state index in [1.54, 1.807) is 0 Å². The van der Waals surface area contributed by atoms with Gasteiger partial charge in [-0.3, -0.25) is 4.79 Å². The van der Waals surface area contributed by atoms with Crippen molar-refractivity contribution in [1.82, 2.24) is 5.32 Å². The standard InChI is InChI=1S/C17H26N2O2.ClH/c1-2-3-9-21-16-6-4-5-13(10-16)12-19-17(20)14-7-8-15(18)11-14;/h4-6,10,14-15H,2-3,7-9,11-12,18H2,1H3,(H,19,20);1H. The van der Waals surface area contributed by atoms with Crippen molar-refractivity contribution in [2.24, 2.45) is 11.7 Å². The summed E-state index contributed by atoms with van der Waals surface area (Å²) < 4.78 is 5.68. The van der Waals surface area contributed by atoms with Crippen LogP contribution in [-0.2, 0) is 11.3 Å². The van der Waals surface area contributed by atoms with Gasteiger partial charge in [-0.05, 0) is 43.4 Å². The van der Waals surface area contributed by atoms with Gasteiger partial charge in [0.2, 0.25) is 5.91 Å². The monoisotopic (exact) mass is 326 g/mol. The summed E-state index contributed by atoms with van der Waals surface area (Å²) >= 11 is 0. The largest absolute Gasteiger partial charge is 0.494 e. The molecule has 2 unspecified atom stereocenters. The minimum absolute atomic E-state index is 0. The summed E-state index contributed by atoms with van der Waals surface area (Å²) in [5.74, 6) is 1.09. The van der Waals surface area contributed by atoms with Crippen molar-refractivity contribution in [2.45, 2.75) is 51.6 Å². The Balaban J connectivity index is 0.00000242. The van der Waals surface area contributed by atoms with E-state index in [-0.39, 0.29) is 30.3 Å². The zero-order chi connectivity index (χ0) is 15.1. The first kappa shape index (κ1) is 18.8. The van der Waals surface area contributed by atoms with Gasteiger partial charge in [-0.15, -0.1) is 12.4 Å². The molecule has 1 aliphatic carbocycles. The van der Waals surface area contributed by atoms with Crippen molar-refractivity contribution in [2.75, 3.05) is 6.61 Å². The number of halogens is 1. The fourth-order valence-corrected chi connectivity index (χ4v) is 2.67. The van der Waals surface area contributed by atoms with Crippen LogP contribution in [0.25, 0.3) is 0 Å². The highest BCUT2D eigenvalue weighted by Crippen LogP contribution is 2.24. The van der Waals surface area contributed by atoms with Gasteiger partial charge in [0.25, 0.3) is 0 Å². The first-order chi connectivity index (χ1) is 10.2. The smallest absolute Gasteiger partial charge is 0.223 e. The summed E-state index contributed by atoms with van der Waals surface area (Å²) in [6, 6.07) is 8.12. The predicted molar refractivity (Wildman–Crippen MR) is 91.3 cm³/mol. The molecule has 1 fully saturated rings. The van der Waals surface area contributed by atoms with E-state index >= 15 is 0 Å². The third-order valence-electron chi connectivity index (χ3n) is 3.98. The van der Waals surface area contributed by atoms with Gasteiger partial charge in [-0.1, -0.05) is 25.5 Å². The molecule has 0 aliphatic heterocycles. The molecule has 1 aromatic rings. The molecular weight excluding hydrogens is 300 g/mol. The maximum Gasteiger partial charge on any atom is 0.223 e. The second-order valence-electron chi connectivity index (χ2n) is 5.84. The number of hydrogen-bond acceptors (Lipinski definition) is 3. The first-order valence-electron chi connectivity index (χ1n) is 7.94. The van der Waals surface area contributed by atoms with Crippen molar-refractivity contribution >= 4 is 18.3 Å². The van der Waals surface area contributed by atoms with Gasteiger partial charge in [0.15, 0.2) is 0 Å². The lowest BCUT2D eigenvalue weighted by Gasteiger charge is -2.12. The molecule has 5 heteroatoms. The molecule has 2 rings (SSSR count). The lowest BCUT2D eigenvalue weighted by atomic mass is 10.1. The van der Waals surface area contributed by atoms with E-state index in [2.05, 4.69) is 12.2 Å². The average molecular weight is 327 g/mol. The van der Waals surface area contributed by atoms with E-state index in [0.717, 1.165) is 50.0 Å². The number of carbonyl (C=O) groups excluding carboxylic acids is 1. The van der Waals surface area contributed by atoms with Crippen LogP contribution >= 0.6 is 12.4 Å². The van der Waals surface area contributed by atoms with E-state index in [1.807, 2.05) is 24.3 Å². The molecule has 0 saturated heterocycles. The average Bonchev–Trinajstić information content (AvgIpc) is 2.92. The van der Waals surface area contributed by atoms with Crippen LogP contribution in [-0.4, -0.2) is 18.6 Å². The summed E-state index contributed by atoms with van der Waals surface area (Å²) in [4.78, 5) is 12.1. The van der Waals surface area contributed by atoms with Gasteiger partial charge in [0, 0.05) is 18.5 Å². The summed E-state index contributed by atoms with van der Waals surface area (Å²) in [6.07, 6.45) is 4.86. The molecule has 0 heterocycles. The molecule has 1 amide bonds. The normalized spacial score (nSPS) is 20.3. The molecule has 124 valence electrons. The highest BCUT2D eigenvalue weighted by molar-refractivity contribution is 5.85. The number of nitrogens with one attached hydrogen (secondary N) is 1. The number of ether oxygens (including phenoxy) is 1. The maximum absolute atomic E-state index is 12.1. The number of unbranched alkanes of at least 4 members (excludes halogenated alkanes) is 1. The third kappa shape index (κ3) is 5.85. The van der Waals surface area contributed by atoms with Gasteiger partial charge in [0.1, 0.15) is 5.75 Å². The fourth-order valence-electron chi connectivity index (χ4n) is 2.67. The SMILES string of the molecule is CCCCOc1cccc(CNC(=O)C2CCC(N)C2)c1.Cl. The first-order valence-corrected chi connectivity index (χ1v) is 7.94. The second-order valence-corrected chi connectivity index (χ2v) is 5.84. The van der Waals surface area contributed by atoms with Gasteiger partial charge in [0.05, 0.1) is 6.61 Å². The Labute approximate surface area is 139 Å². The molecule has 0 radical (unpaired) electrons. The van der Waals surface area contributed by atoms with E-state index < -0.39 is 0 Å². The Bertz CT molecular complexity index is 468. The van der Waals surface area contributed by atoms with E-state index in [9.17, 15) is 4.79 Å². The van der Waals surface area contributed by atoms with Crippen molar-refractivity contribution < 1.29 is 9.53 Å². The van der Waals surface area contributed by atoms with E-state index in [4.69, 9.17) is 10.5 Å². The molecule has 0 spiro atoms. The van der Waals surface area contributed by atoms with Crippen LogP contribution in [0.15, 0.2) is 24.3 Å². The number of benzene rings is 1. The molecule has 0 bridgehead atoms. The Morgan fingerprint density at radius 1 is 1.41 bits per heavy atom. The molecule has 1 saturated carbocycles. The maximum atomic E-state index is 12.1.